The number of carbonyl (C=O) groups excluding carboxylic acids is 2. The maximum Gasteiger partial charge on any atom is 0.329 e. The Morgan fingerprint density at radius 3 is 2.73 bits per heavy atom. The van der Waals surface area contributed by atoms with Crippen molar-refractivity contribution in [2.45, 2.75) is 44.4 Å². The van der Waals surface area contributed by atoms with Crippen LogP contribution in [0.5, 0.6) is 5.75 Å². The number of aliphatic hydroxyl groups is 1. The van der Waals surface area contributed by atoms with Gasteiger partial charge in [-0.2, -0.15) is 0 Å². The second-order valence-corrected chi connectivity index (χ2v) is 8.03. The van der Waals surface area contributed by atoms with Crippen molar-refractivity contribution >= 4 is 23.3 Å². The summed E-state index contributed by atoms with van der Waals surface area (Å²) < 4.78 is 5.27. The molecule has 0 spiro atoms. The molecule has 0 bridgehead atoms. The third-order valence-corrected chi connectivity index (χ3v) is 6.13. The maximum atomic E-state index is 13.6. The van der Waals surface area contributed by atoms with Crippen molar-refractivity contribution in [3.63, 3.8) is 0 Å². The number of nitrogens with zero attached hydrogens (tertiary/aromatic N) is 1. The van der Waals surface area contributed by atoms with E-state index in [1.165, 1.54) is 7.11 Å². The number of amides is 3. The Balaban J connectivity index is 1.79. The molecule has 0 unspecified atom stereocenters. The molecule has 30 heavy (non-hydrogen) atoms. The van der Waals surface area contributed by atoms with E-state index in [-0.39, 0.29) is 6.04 Å². The zero-order valence-electron chi connectivity index (χ0n) is 17.2. The number of para-hydroxylation sites is 1. The smallest absolute Gasteiger partial charge is 0.329 e. The summed E-state index contributed by atoms with van der Waals surface area (Å²) in [5.74, 6) is 0.221. The van der Waals surface area contributed by atoms with E-state index in [0.29, 0.717) is 28.6 Å². The number of ether oxygens (including phenoxy) is 1. The molecule has 3 N–H and O–H groups in total. The van der Waals surface area contributed by atoms with Crippen molar-refractivity contribution in [2.24, 2.45) is 5.92 Å². The Kier molecular flexibility index (Phi) is 5.39. The summed E-state index contributed by atoms with van der Waals surface area (Å²) in [5.41, 5.74) is -1.09. The van der Waals surface area contributed by atoms with Crippen LogP contribution in [0.2, 0.25) is 0 Å². The minimum atomic E-state index is -2.19. The van der Waals surface area contributed by atoms with Crippen LogP contribution < -0.4 is 20.3 Å². The lowest BCUT2D eigenvalue weighted by atomic mass is 9.85. The molecule has 7 nitrogen and oxygen atoms in total. The molecule has 3 atom stereocenters. The van der Waals surface area contributed by atoms with Crippen LogP contribution in [0, 0.1) is 5.92 Å². The Labute approximate surface area is 176 Å². The molecule has 1 fully saturated rings. The fourth-order valence-electron chi connectivity index (χ4n) is 4.41. The average Bonchev–Trinajstić information content (AvgIpc) is 2.75. The van der Waals surface area contributed by atoms with Crippen LogP contribution in [0.15, 0.2) is 48.5 Å². The van der Waals surface area contributed by atoms with E-state index in [1.54, 1.807) is 48.5 Å². The van der Waals surface area contributed by atoms with E-state index in [1.807, 2.05) is 0 Å². The number of fused-ring (bicyclic) bond motifs is 1. The van der Waals surface area contributed by atoms with Gasteiger partial charge in [-0.15, -0.1) is 0 Å². The SMILES string of the molecule is COc1cccc(N2C(=O)Nc3ccccc3[C@@]2(O)C(=O)N[C@@H]2CCCC[C@@H]2C)c1. The highest BCUT2D eigenvalue weighted by Crippen LogP contribution is 2.41. The number of methoxy groups -OCH3 is 1. The highest BCUT2D eigenvalue weighted by atomic mass is 16.5. The van der Waals surface area contributed by atoms with Gasteiger partial charge in [-0.3, -0.25) is 9.69 Å². The van der Waals surface area contributed by atoms with Gasteiger partial charge in [0, 0.05) is 17.7 Å². The van der Waals surface area contributed by atoms with Gasteiger partial charge in [-0.25, -0.2) is 4.79 Å². The van der Waals surface area contributed by atoms with Crippen molar-refractivity contribution in [2.75, 3.05) is 17.3 Å². The summed E-state index contributed by atoms with van der Waals surface area (Å²) in [5, 5.41) is 17.7. The first-order valence-corrected chi connectivity index (χ1v) is 10.3. The molecule has 2 aliphatic rings. The van der Waals surface area contributed by atoms with Crippen molar-refractivity contribution in [3.05, 3.63) is 54.1 Å². The molecule has 7 heteroatoms. The van der Waals surface area contributed by atoms with Crippen LogP contribution in [0.25, 0.3) is 0 Å². The number of nitrogens with one attached hydrogen (secondary N) is 2. The van der Waals surface area contributed by atoms with Gasteiger partial charge < -0.3 is 20.5 Å². The summed E-state index contributed by atoms with van der Waals surface area (Å²) >= 11 is 0. The molecule has 0 saturated heterocycles. The summed E-state index contributed by atoms with van der Waals surface area (Å²) in [6.45, 7) is 2.11. The third-order valence-electron chi connectivity index (χ3n) is 6.13. The molecule has 4 rings (SSSR count). The van der Waals surface area contributed by atoms with Gasteiger partial charge in [0.05, 0.1) is 18.5 Å². The standard InChI is InChI=1S/C23H27N3O4/c1-15-8-3-5-12-19(15)24-21(27)23(29)18-11-4-6-13-20(18)25-22(28)26(23)16-9-7-10-17(14-16)30-2/h4,6-7,9-11,13-15,19,29H,3,5,8,12H2,1-2H3,(H,24,27)(H,25,28)/t15-,19+,23+/m0/s1. The van der Waals surface area contributed by atoms with Crippen molar-refractivity contribution in [3.8, 4) is 5.75 Å². The summed E-state index contributed by atoms with van der Waals surface area (Å²) in [7, 11) is 1.52. The lowest BCUT2D eigenvalue weighted by molar-refractivity contribution is -0.141. The molecule has 0 radical (unpaired) electrons. The summed E-state index contributed by atoms with van der Waals surface area (Å²) in [6.07, 6.45) is 4.05. The van der Waals surface area contributed by atoms with Gasteiger partial charge in [0.1, 0.15) is 5.75 Å². The molecule has 0 aromatic heterocycles. The molecule has 1 aliphatic carbocycles. The largest absolute Gasteiger partial charge is 0.497 e. The van der Waals surface area contributed by atoms with Gasteiger partial charge >= 0.3 is 6.03 Å². The highest BCUT2D eigenvalue weighted by Gasteiger charge is 2.52. The van der Waals surface area contributed by atoms with Crippen LogP contribution in [-0.2, 0) is 10.5 Å². The van der Waals surface area contributed by atoms with Gasteiger partial charge in [0.15, 0.2) is 0 Å². The predicted molar refractivity (Wildman–Crippen MR) is 114 cm³/mol. The number of benzene rings is 2. The van der Waals surface area contributed by atoms with E-state index in [2.05, 4.69) is 17.6 Å². The highest BCUT2D eigenvalue weighted by molar-refractivity contribution is 6.11. The normalized spacial score (nSPS) is 25.8. The molecule has 3 amide bonds. The van der Waals surface area contributed by atoms with E-state index in [9.17, 15) is 14.7 Å². The van der Waals surface area contributed by atoms with Crippen LogP contribution in [-0.4, -0.2) is 30.2 Å². The van der Waals surface area contributed by atoms with E-state index >= 15 is 0 Å². The molecular formula is C23H27N3O4. The minimum Gasteiger partial charge on any atom is -0.497 e. The van der Waals surface area contributed by atoms with Crippen molar-refractivity contribution < 1.29 is 19.4 Å². The zero-order valence-corrected chi connectivity index (χ0v) is 17.2. The minimum absolute atomic E-state index is 0.0421. The monoisotopic (exact) mass is 409 g/mol. The Hall–Kier alpha value is -3.06. The van der Waals surface area contributed by atoms with Gasteiger partial charge in [-0.05, 0) is 37.0 Å². The van der Waals surface area contributed by atoms with Crippen LogP contribution >= 0.6 is 0 Å². The van der Waals surface area contributed by atoms with Crippen LogP contribution in [0.3, 0.4) is 0 Å². The van der Waals surface area contributed by atoms with Gasteiger partial charge in [0.2, 0.25) is 0 Å². The quantitative estimate of drug-likeness (QED) is 0.720. The molecule has 1 saturated carbocycles. The van der Waals surface area contributed by atoms with Crippen molar-refractivity contribution in [1.82, 2.24) is 5.32 Å². The second-order valence-electron chi connectivity index (χ2n) is 8.03. The van der Waals surface area contributed by atoms with Gasteiger partial charge in [0.25, 0.3) is 11.6 Å². The number of rotatable bonds is 4. The first kappa shape index (κ1) is 20.2. The number of hydrogen-bond acceptors (Lipinski definition) is 4. The third kappa shape index (κ3) is 3.39. The Morgan fingerprint density at radius 1 is 1.20 bits per heavy atom. The van der Waals surface area contributed by atoms with E-state index in [0.717, 1.165) is 30.6 Å². The van der Waals surface area contributed by atoms with Gasteiger partial charge in [-0.1, -0.05) is 44.0 Å². The summed E-state index contributed by atoms with van der Waals surface area (Å²) in [4.78, 5) is 27.7. The average molecular weight is 409 g/mol. The molecule has 1 heterocycles. The predicted octanol–water partition coefficient (Wildman–Crippen LogP) is 3.59. The van der Waals surface area contributed by atoms with Crippen LogP contribution in [0.4, 0.5) is 16.2 Å². The molecular weight excluding hydrogens is 382 g/mol. The number of anilines is 2. The van der Waals surface area contributed by atoms with E-state index < -0.39 is 17.7 Å². The topological polar surface area (TPSA) is 90.9 Å². The lowest BCUT2D eigenvalue weighted by Gasteiger charge is -2.44. The number of urea groups is 1. The number of hydrogen-bond donors (Lipinski definition) is 3. The molecule has 2 aromatic carbocycles. The summed E-state index contributed by atoms with van der Waals surface area (Å²) in [6, 6.07) is 12.9. The van der Waals surface area contributed by atoms with Crippen molar-refractivity contribution in [1.29, 1.82) is 0 Å². The maximum absolute atomic E-state index is 13.6. The molecule has 2 aromatic rings. The molecule has 158 valence electrons. The lowest BCUT2D eigenvalue weighted by Crippen LogP contribution is -2.64. The number of carbonyl (C=O) groups is 2. The zero-order chi connectivity index (χ0) is 21.3. The fraction of sp³-hybridized carbons (Fsp3) is 0.391. The fourth-order valence-corrected chi connectivity index (χ4v) is 4.41. The van der Waals surface area contributed by atoms with Crippen LogP contribution in [0.1, 0.15) is 38.2 Å². The first-order valence-electron chi connectivity index (χ1n) is 10.3. The van der Waals surface area contributed by atoms with E-state index in [4.69, 9.17) is 4.74 Å². The first-order chi connectivity index (χ1) is 14.4. The second kappa shape index (κ2) is 7.99. The Morgan fingerprint density at radius 2 is 1.97 bits per heavy atom. The Bertz CT molecular complexity index is 963. The molecule has 1 aliphatic heterocycles.